The monoisotopic (exact) mass is 400 g/mol. The summed E-state index contributed by atoms with van der Waals surface area (Å²) < 4.78 is 0. The number of rotatable bonds is 5. The first-order valence-electron chi connectivity index (χ1n) is 13.0. The summed E-state index contributed by atoms with van der Waals surface area (Å²) in [6.07, 6.45) is 15.8. The lowest BCUT2D eigenvalue weighted by atomic mass is 9.47. The molecule has 166 valence electrons. The molecule has 5 unspecified atom stereocenters. The number of fused-ring (bicyclic) bond motifs is 5. The van der Waals surface area contributed by atoms with Crippen LogP contribution in [0.3, 0.4) is 0 Å². The Morgan fingerprint density at radius 2 is 1.62 bits per heavy atom. The Labute approximate surface area is 181 Å². The van der Waals surface area contributed by atoms with Crippen molar-refractivity contribution in [1.29, 1.82) is 0 Å². The molecule has 0 bridgehead atoms. The van der Waals surface area contributed by atoms with Crippen molar-refractivity contribution in [2.75, 3.05) is 0 Å². The predicted molar refractivity (Wildman–Crippen MR) is 124 cm³/mol. The average Bonchev–Trinajstić information content (AvgIpc) is 3.03. The molecule has 1 nitrogen and oxygen atoms in total. The summed E-state index contributed by atoms with van der Waals surface area (Å²) in [7, 11) is 0. The van der Waals surface area contributed by atoms with E-state index >= 15 is 0 Å². The molecule has 0 saturated heterocycles. The third-order valence-electron chi connectivity index (χ3n) is 11.0. The van der Waals surface area contributed by atoms with E-state index in [4.69, 9.17) is 0 Å². The van der Waals surface area contributed by atoms with E-state index in [1.165, 1.54) is 51.4 Å². The summed E-state index contributed by atoms with van der Waals surface area (Å²) in [5, 5.41) is 10.2. The standard InChI is InChI=1S/C28H48O/c1-18(2)19(3)7-8-20(4)24-11-12-25-23-10-9-21-17-22(29)13-15-27(21,5)26(23)14-16-28(24,25)6/h10,18-22,24-26,29H,7-9,11-17H2,1-6H3/t19?,20-,21?,22+,24?,25?,26?,27+,28-/m1/s1. The summed E-state index contributed by atoms with van der Waals surface area (Å²) in [5.41, 5.74) is 2.88. The van der Waals surface area contributed by atoms with Crippen LogP contribution in [0.25, 0.3) is 0 Å². The third kappa shape index (κ3) is 3.66. The summed E-state index contributed by atoms with van der Waals surface area (Å²) in [6.45, 7) is 15.1. The van der Waals surface area contributed by atoms with E-state index in [0.29, 0.717) is 10.8 Å². The maximum absolute atomic E-state index is 10.2. The Bertz CT molecular complexity index is 620. The smallest absolute Gasteiger partial charge is 0.0543 e. The van der Waals surface area contributed by atoms with E-state index in [2.05, 4.69) is 47.6 Å². The number of allylic oxidation sites excluding steroid dienone is 2. The second-order valence-corrected chi connectivity index (χ2v) is 12.7. The van der Waals surface area contributed by atoms with Gasteiger partial charge in [0.1, 0.15) is 0 Å². The first-order valence-corrected chi connectivity index (χ1v) is 13.0. The van der Waals surface area contributed by atoms with Gasteiger partial charge in [-0.1, -0.05) is 66.0 Å². The summed E-state index contributed by atoms with van der Waals surface area (Å²) in [5.74, 6) is 5.85. The highest BCUT2D eigenvalue weighted by molar-refractivity contribution is 5.27. The zero-order chi connectivity index (χ0) is 21.0. The molecule has 1 heteroatoms. The van der Waals surface area contributed by atoms with Crippen molar-refractivity contribution in [1.82, 2.24) is 0 Å². The SMILES string of the molecule is CC(C)C(C)CC[C@@H](C)C1CCC2C3=CCC4C[C@@H](O)CC[C@]4(C)C3CC[C@@]21C. The Hall–Kier alpha value is -0.300. The Morgan fingerprint density at radius 1 is 0.931 bits per heavy atom. The molecule has 9 atom stereocenters. The number of hydrogen-bond donors (Lipinski definition) is 1. The fraction of sp³-hybridized carbons (Fsp3) is 0.929. The zero-order valence-corrected chi connectivity index (χ0v) is 20.2. The Kier molecular flexibility index (Phi) is 6.04. The van der Waals surface area contributed by atoms with Gasteiger partial charge in [-0.25, -0.2) is 0 Å². The predicted octanol–water partition coefficient (Wildman–Crippen LogP) is 7.63. The van der Waals surface area contributed by atoms with Crippen LogP contribution in [0.5, 0.6) is 0 Å². The highest BCUT2D eigenvalue weighted by atomic mass is 16.3. The number of aliphatic hydroxyl groups is 1. The van der Waals surface area contributed by atoms with Gasteiger partial charge in [-0.3, -0.25) is 0 Å². The summed E-state index contributed by atoms with van der Waals surface area (Å²) in [6, 6.07) is 0. The molecular formula is C28H48O. The largest absolute Gasteiger partial charge is 0.393 e. The van der Waals surface area contributed by atoms with E-state index in [9.17, 15) is 5.11 Å². The van der Waals surface area contributed by atoms with Crippen LogP contribution in [0.4, 0.5) is 0 Å². The maximum Gasteiger partial charge on any atom is 0.0543 e. The van der Waals surface area contributed by atoms with Crippen LogP contribution in [-0.4, -0.2) is 11.2 Å². The molecule has 0 aliphatic heterocycles. The highest BCUT2D eigenvalue weighted by Gasteiger charge is 2.58. The fourth-order valence-corrected chi connectivity index (χ4v) is 8.53. The topological polar surface area (TPSA) is 20.2 Å². The van der Waals surface area contributed by atoms with E-state index in [-0.39, 0.29) is 6.10 Å². The first kappa shape index (κ1) is 21.9. The molecule has 0 spiro atoms. The summed E-state index contributed by atoms with van der Waals surface area (Å²) in [4.78, 5) is 0. The first-order chi connectivity index (χ1) is 13.7. The Morgan fingerprint density at radius 3 is 2.34 bits per heavy atom. The summed E-state index contributed by atoms with van der Waals surface area (Å²) >= 11 is 0. The molecule has 0 aromatic rings. The van der Waals surface area contributed by atoms with Gasteiger partial charge in [0.25, 0.3) is 0 Å². The average molecular weight is 401 g/mol. The normalized spacial score (nSPS) is 46.5. The molecule has 4 rings (SSSR count). The highest BCUT2D eigenvalue weighted by Crippen LogP contribution is 2.67. The molecule has 4 aliphatic rings. The van der Waals surface area contributed by atoms with Crippen LogP contribution in [-0.2, 0) is 0 Å². The number of hydrogen-bond acceptors (Lipinski definition) is 1. The maximum atomic E-state index is 10.2. The molecular weight excluding hydrogens is 352 g/mol. The lowest BCUT2D eigenvalue weighted by molar-refractivity contribution is -0.0428. The van der Waals surface area contributed by atoms with Crippen LogP contribution < -0.4 is 0 Å². The molecule has 4 aliphatic carbocycles. The Balaban J connectivity index is 1.50. The van der Waals surface area contributed by atoms with Crippen LogP contribution >= 0.6 is 0 Å². The van der Waals surface area contributed by atoms with Gasteiger partial charge < -0.3 is 5.11 Å². The van der Waals surface area contributed by atoms with Gasteiger partial charge in [0.2, 0.25) is 0 Å². The van der Waals surface area contributed by atoms with Crippen LogP contribution in [0, 0.1) is 52.3 Å². The van der Waals surface area contributed by atoms with Crippen LogP contribution in [0.1, 0.15) is 106 Å². The van der Waals surface area contributed by atoms with Gasteiger partial charge in [-0.2, -0.15) is 0 Å². The van der Waals surface area contributed by atoms with Gasteiger partial charge >= 0.3 is 0 Å². The third-order valence-corrected chi connectivity index (χ3v) is 11.0. The molecule has 0 aromatic carbocycles. The molecule has 1 N–H and O–H groups in total. The molecule has 3 fully saturated rings. The second kappa shape index (κ2) is 7.99. The van der Waals surface area contributed by atoms with Crippen LogP contribution in [0.2, 0.25) is 0 Å². The fourth-order valence-electron chi connectivity index (χ4n) is 8.53. The lowest BCUT2D eigenvalue weighted by Crippen LogP contribution is -2.49. The second-order valence-electron chi connectivity index (χ2n) is 12.7. The van der Waals surface area contributed by atoms with Crippen molar-refractivity contribution in [3.63, 3.8) is 0 Å². The van der Waals surface area contributed by atoms with Gasteiger partial charge in [-0.05, 0) is 104 Å². The van der Waals surface area contributed by atoms with Crippen molar-refractivity contribution in [3.8, 4) is 0 Å². The molecule has 0 heterocycles. The van der Waals surface area contributed by atoms with Crippen molar-refractivity contribution < 1.29 is 5.11 Å². The van der Waals surface area contributed by atoms with E-state index in [1.54, 1.807) is 0 Å². The molecule has 29 heavy (non-hydrogen) atoms. The van der Waals surface area contributed by atoms with Crippen molar-refractivity contribution in [2.45, 2.75) is 112 Å². The van der Waals surface area contributed by atoms with Crippen molar-refractivity contribution in [2.24, 2.45) is 52.3 Å². The number of aliphatic hydroxyl groups excluding tert-OH is 1. The molecule has 0 amide bonds. The van der Waals surface area contributed by atoms with Gasteiger partial charge in [0, 0.05) is 0 Å². The zero-order valence-electron chi connectivity index (χ0n) is 20.2. The van der Waals surface area contributed by atoms with E-state index in [0.717, 1.165) is 54.3 Å². The molecule has 0 aromatic heterocycles. The van der Waals surface area contributed by atoms with Gasteiger partial charge in [0.05, 0.1) is 6.10 Å². The molecule has 3 saturated carbocycles. The van der Waals surface area contributed by atoms with Crippen LogP contribution in [0.15, 0.2) is 11.6 Å². The van der Waals surface area contributed by atoms with Crippen molar-refractivity contribution >= 4 is 0 Å². The van der Waals surface area contributed by atoms with Gasteiger partial charge in [0.15, 0.2) is 0 Å². The molecule has 0 radical (unpaired) electrons. The van der Waals surface area contributed by atoms with Crippen molar-refractivity contribution in [3.05, 3.63) is 11.6 Å². The van der Waals surface area contributed by atoms with E-state index < -0.39 is 0 Å². The minimum absolute atomic E-state index is 0.0400. The minimum Gasteiger partial charge on any atom is -0.393 e. The van der Waals surface area contributed by atoms with Gasteiger partial charge in [-0.15, -0.1) is 0 Å². The minimum atomic E-state index is -0.0400. The van der Waals surface area contributed by atoms with E-state index in [1.807, 2.05) is 5.57 Å². The lowest BCUT2D eigenvalue weighted by Gasteiger charge is -2.57. The quantitative estimate of drug-likeness (QED) is 0.470.